The minimum absolute atomic E-state index is 0.764. The first-order chi connectivity index (χ1) is 12.3. The Morgan fingerprint density at radius 2 is 1.80 bits per heavy atom. The van der Waals surface area contributed by atoms with Crippen LogP contribution in [0.5, 0.6) is 0 Å². The predicted octanol–water partition coefficient (Wildman–Crippen LogP) is 5.35. The van der Waals surface area contributed by atoms with Crippen LogP contribution in [0.2, 0.25) is 5.02 Å². The molecule has 0 fully saturated rings. The minimum atomic E-state index is 0.764. The largest absolute Gasteiger partial charge is 0.380 e. The van der Waals surface area contributed by atoms with Gasteiger partial charge in [0, 0.05) is 47.6 Å². The third-order valence-corrected chi connectivity index (χ3v) is 4.53. The molecular formula is C21H18ClN3. The zero-order valence-corrected chi connectivity index (χ0v) is 14.4. The zero-order valence-electron chi connectivity index (χ0n) is 13.7. The van der Waals surface area contributed by atoms with E-state index in [0.29, 0.717) is 0 Å². The van der Waals surface area contributed by atoms with Crippen LogP contribution in [0, 0.1) is 0 Å². The summed E-state index contributed by atoms with van der Waals surface area (Å²) in [4.78, 5) is 4.15. The molecule has 4 heteroatoms. The van der Waals surface area contributed by atoms with Crippen molar-refractivity contribution >= 4 is 28.2 Å². The number of hydrogen-bond acceptors (Lipinski definition) is 2. The van der Waals surface area contributed by atoms with Crippen molar-refractivity contribution in [2.45, 2.75) is 13.1 Å². The van der Waals surface area contributed by atoms with Gasteiger partial charge in [0.15, 0.2) is 0 Å². The number of para-hydroxylation sites is 1. The highest BCUT2D eigenvalue weighted by atomic mass is 35.5. The summed E-state index contributed by atoms with van der Waals surface area (Å²) in [5.41, 5.74) is 4.77. The van der Waals surface area contributed by atoms with Crippen molar-refractivity contribution in [2.24, 2.45) is 0 Å². The fourth-order valence-corrected chi connectivity index (χ4v) is 3.17. The van der Waals surface area contributed by atoms with Gasteiger partial charge in [0.1, 0.15) is 0 Å². The van der Waals surface area contributed by atoms with E-state index in [1.54, 1.807) is 6.20 Å². The monoisotopic (exact) mass is 347 g/mol. The second-order valence-corrected chi connectivity index (χ2v) is 6.46. The summed E-state index contributed by atoms with van der Waals surface area (Å²) < 4.78 is 2.29. The van der Waals surface area contributed by atoms with Crippen LogP contribution in [0.1, 0.15) is 11.1 Å². The molecule has 0 radical (unpaired) electrons. The second kappa shape index (κ2) is 6.99. The Bertz CT molecular complexity index is 975. The number of rotatable bonds is 5. The van der Waals surface area contributed by atoms with Crippen LogP contribution in [0.3, 0.4) is 0 Å². The number of anilines is 1. The molecule has 4 rings (SSSR count). The molecular weight excluding hydrogens is 330 g/mol. The van der Waals surface area contributed by atoms with Crippen molar-refractivity contribution < 1.29 is 0 Å². The number of fused-ring (bicyclic) bond motifs is 1. The highest BCUT2D eigenvalue weighted by molar-refractivity contribution is 6.30. The van der Waals surface area contributed by atoms with Gasteiger partial charge in [-0.25, -0.2) is 0 Å². The van der Waals surface area contributed by atoms with E-state index in [9.17, 15) is 0 Å². The van der Waals surface area contributed by atoms with E-state index in [2.05, 4.69) is 57.5 Å². The summed E-state index contributed by atoms with van der Waals surface area (Å²) in [6.07, 6.45) is 5.85. The van der Waals surface area contributed by atoms with Crippen LogP contribution in [-0.2, 0) is 13.1 Å². The fourth-order valence-electron chi connectivity index (χ4n) is 3.05. The molecule has 0 spiro atoms. The van der Waals surface area contributed by atoms with E-state index < -0.39 is 0 Å². The van der Waals surface area contributed by atoms with Crippen molar-refractivity contribution in [3.8, 4) is 0 Å². The molecule has 0 aliphatic rings. The molecule has 124 valence electrons. The Morgan fingerprint density at radius 3 is 2.60 bits per heavy atom. The molecule has 0 aliphatic heterocycles. The standard InChI is InChI=1S/C21H18ClN3/c22-18-9-7-16(8-10-18)14-25-15-17(20-5-1-2-6-21(20)25)12-24-19-4-3-11-23-13-19/h1-11,13,15,24H,12,14H2. The fraction of sp³-hybridized carbons (Fsp3) is 0.0952. The lowest BCUT2D eigenvalue weighted by molar-refractivity contribution is 0.831. The van der Waals surface area contributed by atoms with Gasteiger partial charge in [0.25, 0.3) is 0 Å². The smallest absolute Gasteiger partial charge is 0.0529 e. The molecule has 0 unspecified atom stereocenters. The summed E-state index contributed by atoms with van der Waals surface area (Å²) in [6.45, 7) is 1.59. The van der Waals surface area contributed by atoms with Gasteiger partial charge in [0.2, 0.25) is 0 Å². The van der Waals surface area contributed by atoms with Crippen LogP contribution in [0.15, 0.2) is 79.3 Å². The van der Waals surface area contributed by atoms with Gasteiger partial charge < -0.3 is 9.88 Å². The van der Waals surface area contributed by atoms with Gasteiger partial charge in [-0.2, -0.15) is 0 Å². The van der Waals surface area contributed by atoms with Gasteiger partial charge in [-0.3, -0.25) is 4.98 Å². The third-order valence-electron chi connectivity index (χ3n) is 4.28. The van der Waals surface area contributed by atoms with Crippen LogP contribution in [0.25, 0.3) is 10.9 Å². The Morgan fingerprint density at radius 1 is 0.960 bits per heavy atom. The lowest BCUT2D eigenvalue weighted by Gasteiger charge is -2.05. The Hall–Kier alpha value is -2.78. The quantitative estimate of drug-likeness (QED) is 0.527. The molecule has 3 nitrogen and oxygen atoms in total. The first kappa shape index (κ1) is 15.7. The summed E-state index contributed by atoms with van der Waals surface area (Å²) in [6, 6.07) is 20.5. The Labute approximate surface area is 151 Å². The second-order valence-electron chi connectivity index (χ2n) is 6.02. The van der Waals surface area contributed by atoms with Gasteiger partial charge in [-0.1, -0.05) is 41.9 Å². The molecule has 2 aromatic carbocycles. The van der Waals surface area contributed by atoms with Crippen molar-refractivity contribution in [3.63, 3.8) is 0 Å². The summed E-state index contributed by atoms with van der Waals surface area (Å²) in [7, 11) is 0. The molecule has 0 saturated carbocycles. The lowest BCUT2D eigenvalue weighted by atomic mass is 10.2. The maximum absolute atomic E-state index is 5.99. The molecule has 2 heterocycles. The van der Waals surface area contributed by atoms with E-state index in [0.717, 1.165) is 23.8 Å². The van der Waals surface area contributed by atoms with Crippen molar-refractivity contribution in [3.05, 3.63) is 95.4 Å². The number of hydrogen-bond donors (Lipinski definition) is 1. The lowest BCUT2D eigenvalue weighted by Crippen LogP contribution is -2.00. The van der Waals surface area contributed by atoms with Crippen molar-refractivity contribution in [1.82, 2.24) is 9.55 Å². The minimum Gasteiger partial charge on any atom is -0.380 e. The van der Waals surface area contributed by atoms with Crippen molar-refractivity contribution in [1.29, 1.82) is 0 Å². The molecule has 0 amide bonds. The highest BCUT2D eigenvalue weighted by Gasteiger charge is 2.08. The Balaban J connectivity index is 1.63. The average molecular weight is 348 g/mol. The van der Waals surface area contributed by atoms with Gasteiger partial charge >= 0.3 is 0 Å². The van der Waals surface area contributed by atoms with Crippen LogP contribution < -0.4 is 5.32 Å². The number of nitrogens with zero attached hydrogens (tertiary/aromatic N) is 2. The summed E-state index contributed by atoms with van der Waals surface area (Å²) in [5, 5.41) is 5.48. The summed E-state index contributed by atoms with van der Waals surface area (Å²) in [5.74, 6) is 0. The van der Waals surface area contributed by atoms with E-state index in [-0.39, 0.29) is 0 Å². The van der Waals surface area contributed by atoms with Crippen LogP contribution in [0.4, 0.5) is 5.69 Å². The Kier molecular flexibility index (Phi) is 4.40. The first-order valence-electron chi connectivity index (χ1n) is 8.25. The van der Waals surface area contributed by atoms with Crippen LogP contribution in [-0.4, -0.2) is 9.55 Å². The van der Waals surface area contributed by atoms with E-state index >= 15 is 0 Å². The van der Waals surface area contributed by atoms with Crippen LogP contribution >= 0.6 is 11.6 Å². The maximum Gasteiger partial charge on any atom is 0.0529 e. The molecule has 0 aliphatic carbocycles. The predicted molar refractivity (Wildman–Crippen MR) is 104 cm³/mol. The number of nitrogens with one attached hydrogen (secondary N) is 1. The molecule has 1 N–H and O–H groups in total. The highest BCUT2D eigenvalue weighted by Crippen LogP contribution is 2.23. The van der Waals surface area contributed by atoms with Gasteiger partial charge in [-0.05, 0) is 41.5 Å². The number of pyridine rings is 1. The van der Waals surface area contributed by atoms with E-state index in [4.69, 9.17) is 11.6 Å². The van der Waals surface area contributed by atoms with E-state index in [1.807, 2.05) is 30.5 Å². The first-order valence-corrected chi connectivity index (χ1v) is 8.62. The normalized spacial score (nSPS) is 10.9. The summed E-state index contributed by atoms with van der Waals surface area (Å²) >= 11 is 5.99. The number of aromatic nitrogens is 2. The van der Waals surface area contributed by atoms with Gasteiger partial charge in [-0.15, -0.1) is 0 Å². The molecule has 0 atom stereocenters. The molecule has 2 aromatic heterocycles. The van der Waals surface area contributed by atoms with Gasteiger partial charge in [0.05, 0.1) is 5.69 Å². The van der Waals surface area contributed by atoms with E-state index in [1.165, 1.54) is 22.0 Å². The average Bonchev–Trinajstić information content (AvgIpc) is 3.01. The molecule has 0 saturated heterocycles. The third kappa shape index (κ3) is 3.52. The maximum atomic E-state index is 5.99. The number of benzene rings is 2. The zero-order chi connectivity index (χ0) is 17.1. The molecule has 4 aromatic rings. The number of halogens is 1. The SMILES string of the molecule is Clc1ccc(Cn2cc(CNc3cccnc3)c3ccccc32)cc1. The molecule has 25 heavy (non-hydrogen) atoms. The van der Waals surface area contributed by atoms with Crippen molar-refractivity contribution in [2.75, 3.05) is 5.32 Å². The topological polar surface area (TPSA) is 29.9 Å². The molecule has 0 bridgehead atoms.